The van der Waals surface area contributed by atoms with Gasteiger partial charge in [-0.15, -0.1) is 0 Å². The van der Waals surface area contributed by atoms with E-state index in [0.717, 1.165) is 43.4 Å². The van der Waals surface area contributed by atoms with Crippen molar-refractivity contribution in [3.8, 4) is 11.3 Å². The van der Waals surface area contributed by atoms with E-state index in [4.69, 9.17) is 0 Å². The summed E-state index contributed by atoms with van der Waals surface area (Å²) in [6.07, 6.45) is 11.8. The number of halogens is 1. The molecule has 4 fully saturated rings. The van der Waals surface area contributed by atoms with Crippen LogP contribution in [0.25, 0.3) is 11.3 Å². The first-order valence-electron chi connectivity index (χ1n) is 13.0. The van der Waals surface area contributed by atoms with Crippen LogP contribution >= 0.6 is 0 Å². The maximum Gasteiger partial charge on any atom is 0.319 e. The Hall–Kier alpha value is -3.26. The minimum atomic E-state index is -0.540. The van der Waals surface area contributed by atoms with Crippen molar-refractivity contribution in [2.24, 2.45) is 23.2 Å². The second-order valence-corrected chi connectivity index (χ2v) is 11.4. The maximum atomic E-state index is 15.0. The number of pyridine rings is 1. The molecule has 8 heteroatoms. The highest BCUT2D eigenvalue weighted by atomic mass is 19.1. The second-order valence-electron chi connectivity index (χ2n) is 11.4. The fraction of sp³-hybridized carbons (Fsp3) is 0.464. The van der Waals surface area contributed by atoms with Gasteiger partial charge in [-0.25, -0.2) is 14.2 Å². The number of nitrogens with zero attached hydrogens (tertiary/aromatic N) is 3. The average molecular weight is 488 g/mol. The molecule has 3 N–H and O–H groups in total. The van der Waals surface area contributed by atoms with Crippen LogP contribution in [0.5, 0.6) is 0 Å². The number of rotatable bonds is 5. The predicted molar refractivity (Wildman–Crippen MR) is 133 cm³/mol. The van der Waals surface area contributed by atoms with Gasteiger partial charge in [-0.1, -0.05) is 12.1 Å². The zero-order valence-electron chi connectivity index (χ0n) is 20.0. The fourth-order valence-electron chi connectivity index (χ4n) is 8.18. The fourth-order valence-corrected chi connectivity index (χ4v) is 8.18. The lowest BCUT2D eigenvalue weighted by Gasteiger charge is -2.61. The zero-order valence-corrected chi connectivity index (χ0v) is 20.0. The Labute approximate surface area is 209 Å². The molecule has 1 aromatic carbocycles. The van der Waals surface area contributed by atoms with Crippen LogP contribution in [0, 0.1) is 29.0 Å². The van der Waals surface area contributed by atoms with Crippen molar-refractivity contribution < 1.29 is 14.3 Å². The van der Waals surface area contributed by atoms with Crippen LogP contribution in [0.4, 0.5) is 14.9 Å². The Morgan fingerprint density at radius 1 is 1.14 bits per heavy atom. The SMILES string of the molecule is O=C(Nc1cccnc1)NC1C2CC3CC1CC(C(O)CC1c4c(F)cccc4-c4cncn41)(C3)C2. The van der Waals surface area contributed by atoms with Gasteiger partial charge in [0.25, 0.3) is 0 Å². The molecule has 36 heavy (non-hydrogen) atoms. The number of hydrogen-bond donors (Lipinski definition) is 3. The van der Waals surface area contributed by atoms with E-state index in [2.05, 4.69) is 20.6 Å². The number of benzene rings is 1. The lowest BCUT2D eigenvalue weighted by Crippen LogP contribution is -2.62. The lowest BCUT2D eigenvalue weighted by molar-refractivity contribution is -0.135. The van der Waals surface area contributed by atoms with Crippen LogP contribution in [0.3, 0.4) is 0 Å². The van der Waals surface area contributed by atoms with Gasteiger partial charge in [0.05, 0.1) is 42.2 Å². The van der Waals surface area contributed by atoms with Crippen molar-refractivity contribution in [2.75, 3.05) is 5.32 Å². The van der Waals surface area contributed by atoms with Gasteiger partial charge in [-0.05, 0) is 79.9 Å². The Morgan fingerprint density at radius 3 is 2.75 bits per heavy atom. The van der Waals surface area contributed by atoms with E-state index >= 15 is 0 Å². The quantitative estimate of drug-likeness (QED) is 0.484. The molecule has 2 aromatic heterocycles. The number of nitrogens with one attached hydrogen (secondary N) is 2. The summed E-state index contributed by atoms with van der Waals surface area (Å²) in [5.41, 5.74) is 2.96. The number of amides is 2. The first kappa shape index (κ1) is 22.0. The van der Waals surface area contributed by atoms with Crippen molar-refractivity contribution in [1.29, 1.82) is 0 Å². The van der Waals surface area contributed by atoms with Gasteiger partial charge in [0.15, 0.2) is 0 Å². The largest absolute Gasteiger partial charge is 0.392 e. The minimum Gasteiger partial charge on any atom is -0.392 e. The molecule has 186 valence electrons. The van der Waals surface area contributed by atoms with Gasteiger partial charge in [-0.2, -0.15) is 0 Å². The molecular formula is C28H30FN5O2. The molecule has 4 saturated carbocycles. The van der Waals surface area contributed by atoms with E-state index in [1.165, 1.54) is 6.07 Å². The van der Waals surface area contributed by atoms with Crippen molar-refractivity contribution in [1.82, 2.24) is 19.9 Å². The third-order valence-corrected chi connectivity index (χ3v) is 9.36. The Bertz CT molecular complexity index is 1290. The predicted octanol–water partition coefficient (Wildman–Crippen LogP) is 4.75. The molecule has 4 unspecified atom stereocenters. The van der Waals surface area contributed by atoms with Crippen molar-refractivity contribution in [2.45, 2.75) is 56.7 Å². The Morgan fingerprint density at radius 2 is 1.97 bits per heavy atom. The summed E-state index contributed by atoms with van der Waals surface area (Å²) in [6.45, 7) is 0. The van der Waals surface area contributed by atoms with Crippen LogP contribution in [-0.2, 0) is 0 Å². The van der Waals surface area contributed by atoms with E-state index in [-0.39, 0.29) is 29.3 Å². The summed E-state index contributed by atoms with van der Waals surface area (Å²) in [4.78, 5) is 21.1. The molecule has 0 spiro atoms. The molecule has 5 aliphatic rings. The molecule has 1 aliphatic heterocycles. The van der Waals surface area contributed by atoms with E-state index in [0.29, 0.717) is 35.4 Å². The van der Waals surface area contributed by atoms with Gasteiger partial charge < -0.3 is 20.3 Å². The molecule has 4 bridgehead atoms. The number of fused-ring (bicyclic) bond motifs is 3. The first-order chi connectivity index (χ1) is 17.5. The van der Waals surface area contributed by atoms with Gasteiger partial charge >= 0.3 is 6.03 Å². The summed E-state index contributed by atoms with van der Waals surface area (Å²) in [6, 6.07) is 8.48. The third kappa shape index (κ3) is 3.38. The average Bonchev–Trinajstić information content (AvgIpc) is 3.45. The minimum absolute atomic E-state index is 0.114. The molecule has 3 aromatic rings. The highest BCUT2D eigenvalue weighted by molar-refractivity contribution is 5.89. The number of aromatic nitrogens is 3. The van der Waals surface area contributed by atoms with Crippen molar-refractivity contribution in [3.05, 3.63) is 66.6 Å². The number of aliphatic hydroxyl groups is 1. The molecule has 3 heterocycles. The number of carbonyl (C=O) groups excluding carboxylic acids is 1. The van der Waals surface area contributed by atoms with Crippen LogP contribution < -0.4 is 10.6 Å². The standard InChI is InChI=1S/C28H30FN5O2/c29-21-5-1-4-20-23-14-31-15-34(23)22(25(20)21)9-24(35)28-10-16-7-17(11-28)26(18(8-16)12-28)33-27(36)32-19-3-2-6-30-13-19/h1-6,13-18,22,24,26,35H,7-12H2,(H2,32,33,36). The smallest absolute Gasteiger partial charge is 0.319 e. The number of anilines is 1. The molecule has 4 atom stereocenters. The molecule has 0 saturated heterocycles. The zero-order chi connectivity index (χ0) is 24.4. The second kappa shape index (κ2) is 8.13. The van der Waals surface area contributed by atoms with Crippen molar-refractivity contribution in [3.63, 3.8) is 0 Å². The molecule has 7 nitrogen and oxygen atoms in total. The highest BCUT2D eigenvalue weighted by Gasteiger charge is 2.58. The van der Waals surface area contributed by atoms with Gasteiger partial charge in [0, 0.05) is 23.4 Å². The van der Waals surface area contributed by atoms with Gasteiger partial charge in [-0.3, -0.25) is 4.98 Å². The molecule has 4 aliphatic carbocycles. The normalized spacial score (nSPS) is 32.1. The topological polar surface area (TPSA) is 92.1 Å². The van der Waals surface area contributed by atoms with Crippen LogP contribution in [0.1, 0.15) is 50.1 Å². The van der Waals surface area contributed by atoms with E-state index in [1.807, 2.05) is 16.7 Å². The van der Waals surface area contributed by atoms with E-state index < -0.39 is 6.10 Å². The number of aliphatic hydroxyl groups excluding tert-OH is 1. The molecule has 0 radical (unpaired) electrons. The Kier molecular flexibility index (Phi) is 4.96. The Balaban J connectivity index is 1.10. The summed E-state index contributed by atoms with van der Waals surface area (Å²) in [5, 5.41) is 17.9. The third-order valence-electron chi connectivity index (χ3n) is 9.36. The number of imidazole rings is 1. The monoisotopic (exact) mass is 487 g/mol. The first-order valence-corrected chi connectivity index (χ1v) is 13.0. The van der Waals surface area contributed by atoms with Crippen LogP contribution in [0.2, 0.25) is 0 Å². The van der Waals surface area contributed by atoms with Crippen molar-refractivity contribution >= 4 is 11.7 Å². The maximum absolute atomic E-state index is 15.0. The number of carbonyl (C=O) groups is 1. The van der Waals surface area contributed by atoms with E-state index in [9.17, 15) is 14.3 Å². The summed E-state index contributed by atoms with van der Waals surface area (Å²) < 4.78 is 17.0. The van der Waals surface area contributed by atoms with Crippen LogP contribution in [0.15, 0.2) is 55.2 Å². The number of hydrogen-bond acceptors (Lipinski definition) is 4. The van der Waals surface area contributed by atoms with Gasteiger partial charge in [0.2, 0.25) is 0 Å². The summed E-state index contributed by atoms with van der Waals surface area (Å²) in [5.74, 6) is 1.06. The van der Waals surface area contributed by atoms with Gasteiger partial charge in [0.1, 0.15) is 5.82 Å². The highest BCUT2D eigenvalue weighted by Crippen LogP contribution is 2.62. The van der Waals surface area contributed by atoms with E-state index in [1.54, 1.807) is 37.1 Å². The molecular weight excluding hydrogens is 457 g/mol. The summed E-state index contributed by atoms with van der Waals surface area (Å²) in [7, 11) is 0. The number of urea groups is 1. The van der Waals surface area contributed by atoms with Crippen LogP contribution in [-0.4, -0.2) is 37.8 Å². The molecule has 8 rings (SSSR count). The lowest BCUT2D eigenvalue weighted by atomic mass is 9.46. The molecule has 2 amide bonds. The summed E-state index contributed by atoms with van der Waals surface area (Å²) >= 11 is 0.